The van der Waals surface area contributed by atoms with Gasteiger partial charge in [-0.25, -0.2) is 0 Å². The summed E-state index contributed by atoms with van der Waals surface area (Å²) in [6.07, 6.45) is 0. The Kier molecular flexibility index (Phi) is 5.95. The van der Waals surface area contributed by atoms with Crippen LogP contribution in [0.5, 0.6) is 0 Å². The van der Waals surface area contributed by atoms with Crippen LogP contribution >= 0.6 is 28.1 Å². The van der Waals surface area contributed by atoms with Gasteiger partial charge in [-0.1, -0.05) is 52.3 Å². The second kappa shape index (κ2) is 8.60. The lowest BCUT2D eigenvalue weighted by Gasteiger charge is -2.36. The number of thiocarbonyl (C=S) groups is 1. The Hall–Kier alpha value is -1.95. The second-order valence-corrected chi connectivity index (χ2v) is 8.58. The molecule has 1 N–H and O–H groups in total. The Labute approximate surface area is 180 Å². The fourth-order valence-electron chi connectivity index (χ4n) is 3.72. The summed E-state index contributed by atoms with van der Waals surface area (Å²) in [4.78, 5) is 4.80. The molecule has 0 aromatic heterocycles. The number of hydrogen-bond donors (Lipinski definition) is 1. The molecular weight excluding hydrogens is 430 g/mol. The monoisotopic (exact) mass is 453 g/mol. The van der Waals surface area contributed by atoms with E-state index in [2.05, 4.69) is 74.4 Å². The van der Waals surface area contributed by atoms with Crippen LogP contribution in [-0.4, -0.2) is 41.1 Å². The number of aryl methyl sites for hydroxylation is 1. The molecule has 1 aliphatic rings. The highest BCUT2D eigenvalue weighted by Gasteiger charge is 2.20. The molecule has 5 heteroatoms. The molecule has 0 radical (unpaired) electrons. The van der Waals surface area contributed by atoms with E-state index in [0.29, 0.717) is 0 Å². The van der Waals surface area contributed by atoms with Crippen LogP contribution in [0.25, 0.3) is 10.8 Å². The zero-order valence-corrected chi connectivity index (χ0v) is 18.4. The lowest BCUT2D eigenvalue weighted by atomic mass is 9.99. The fourth-order valence-corrected chi connectivity index (χ4v) is 4.29. The first-order valence-corrected chi connectivity index (χ1v) is 10.8. The van der Waals surface area contributed by atoms with Gasteiger partial charge in [-0.05, 0) is 65.3 Å². The Morgan fingerprint density at radius 1 is 0.964 bits per heavy atom. The molecule has 0 saturated carbocycles. The van der Waals surface area contributed by atoms with Crippen molar-refractivity contribution in [2.24, 2.45) is 0 Å². The molecule has 4 rings (SSSR count). The summed E-state index contributed by atoms with van der Waals surface area (Å²) >= 11 is 9.09. The predicted molar refractivity (Wildman–Crippen MR) is 126 cm³/mol. The van der Waals surface area contributed by atoms with Gasteiger partial charge in [0, 0.05) is 42.9 Å². The number of fused-ring (bicyclic) bond motifs is 1. The highest BCUT2D eigenvalue weighted by molar-refractivity contribution is 9.10. The molecule has 1 fully saturated rings. The number of anilines is 1. The van der Waals surface area contributed by atoms with Crippen LogP contribution in [0, 0.1) is 6.92 Å². The normalized spacial score (nSPS) is 15.0. The number of halogens is 1. The third kappa shape index (κ3) is 4.37. The lowest BCUT2D eigenvalue weighted by Crippen LogP contribution is -2.49. The second-order valence-electron chi connectivity index (χ2n) is 7.28. The van der Waals surface area contributed by atoms with Crippen molar-refractivity contribution in [1.29, 1.82) is 0 Å². The van der Waals surface area contributed by atoms with Crippen molar-refractivity contribution in [3.05, 3.63) is 76.3 Å². The maximum absolute atomic E-state index is 5.63. The van der Waals surface area contributed by atoms with Crippen molar-refractivity contribution in [2.45, 2.75) is 13.5 Å². The molecule has 0 spiro atoms. The smallest absolute Gasteiger partial charge is 0.173 e. The van der Waals surface area contributed by atoms with Gasteiger partial charge in [-0.3, -0.25) is 4.90 Å². The van der Waals surface area contributed by atoms with Gasteiger partial charge in [0.1, 0.15) is 0 Å². The van der Waals surface area contributed by atoms with Crippen LogP contribution in [0.3, 0.4) is 0 Å². The number of nitrogens with one attached hydrogen (secondary N) is 1. The minimum Gasteiger partial charge on any atom is -0.346 e. The van der Waals surface area contributed by atoms with E-state index in [1.165, 1.54) is 21.9 Å². The predicted octanol–water partition coefficient (Wildman–Crippen LogP) is 5.43. The molecule has 3 aromatic carbocycles. The van der Waals surface area contributed by atoms with Gasteiger partial charge in [0.2, 0.25) is 0 Å². The summed E-state index contributed by atoms with van der Waals surface area (Å²) in [6, 6.07) is 21.3. The third-order valence-corrected chi connectivity index (χ3v) is 6.30. The standard InChI is InChI=1S/C23H24BrN3S/c1-17-6-7-18-4-2-3-5-21(18)22(17)16-26-12-14-27(15-13-26)23(28)25-20-10-8-19(24)9-11-20/h2-11H,12-16H2,1H3,(H,25,28). The summed E-state index contributed by atoms with van der Waals surface area (Å²) in [5.74, 6) is 0. The molecule has 3 aromatic rings. The Balaban J connectivity index is 1.38. The summed E-state index contributed by atoms with van der Waals surface area (Å²) in [7, 11) is 0. The summed E-state index contributed by atoms with van der Waals surface area (Å²) < 4.78 is 1.07. The Morgan fingerprint density at radius 3 is 2.43 bits per heavy atom. The molecule has 28 heavy (non-hydrogen) atoms. The van der Waals surface area contributed by atoms with Crippen LogP contribution in [0.1, 0.15) is 11.1 Å². The van der Waals surface area contributed by atoms with Crippen molar-refractivity contribution in [2.75, 3.05) is 31.5 Å². The summed E-state index contributed by atoms with van der Waals surface area (Å²) in [6.45, 7) is 7.15. The Bertz CT molecular complexity index is 979. The van der Waals surface area contributed by atoms with Gasteiger partial charge in [0.05, 0.1) is 0 Å². The molecule has 0 amide bonds. The van der Waals surface area contributed by atoms with Crippen LogP contribution in [0.15, 0.2) is 65.1 Å². The first kappa shape index (κ1) is 19.4. The lowest BCUT2D eigenvalue weighted by molar-refractivity contribution is 0.177. The maximum Gasteiger partial charge on any atom is 0.173 e. The zero-order valence-electron chi connectivity index (χ0n) is 16.0. The molecule has 0 aliphatic carbocycles. The van der Waals surface area contributed by atoms with Crippen molar-refractivity contribution in [3.8, 4) is 0 Å². The highest BCUT2D eigenvalue weighted by Crippen LogP contribution is 2.24. The first-order chi connectivity index (χ1) is 13.6. The van der Waals surface area contributed by atoms with Crippen LogP contribution in [0.2, 0.25) is 0 Å². The van der Waals surface area contributed by atoms with Crippen LogP contribution in [-0.2, 0) is 6.54 Å². The molecule has 3 nitrogen and oxygen atoms in total. The van der Waals surface area contributed by atoms with Crippen molar-refractivity contribution >= 4 is 49.7 Å². The van der Waals surface area contributed by atoms with Gasteiger partial charge < -0.3 is 10.2 Å². The van der Waals surface area contributed by atoms with Crippen molar-refractivity contribution in [3.63, 3.8) is 0 Å². The molecule has 0 bridgehead atoms. The minimum atomic E-state index is 0.809. The first-order valence-electron chi connectivity index (χ1n) is 9.61. The fraction of sp³-hybridized carbons (Fsp3) is 0.261. The van der Waals surface area contributed by atoms with Crippen LogP contribution < -0.4 is 5.32 Å². The third-order valence-electron chi connectivity index (χ3n) is 5.41. The quantitative estimate of drug-likeness (QED) is 0.532. The molecule has 1 heterocycles. The van der Waals surface area contributed by atoms with Gasteiger partial charge >= 0.3 is 0 Å². The largest absolute Gasteiger partial charge is 0.346 e. The van der Waals surface area contributed by atoms with E-state index in [0.717, 1.165) is 48.0 Å². The van der Waals surface area contributed by atoms with E-state index in [9.17, 15) is 0 Å². The summed E-state index contributed by atoms with van der Waals surface area (Å²) in [5.41, 5.74) is 3.85. The van der Waals surface area contributed by atoms with Crippen LogP contribution in [0.4, 0.5) is 5.69 Å². The van der Waals surface area contributed by atoms with E-state index in [1.807, 2.05) is 24.3 Å². The summed E-state index contributed by atoms with van der Waals surface area (Å²) in [5, 5.41) is 6.86. The number of benzene rings is 3. The number of hydrogen-bond acceptors (Lipinski definition) is 2. The topological polar surface area (TPSA) is 18.5 Å². The average Bonchev–Trinajstić information content (AvgIpc) is 2.72. The van der Waals surface area contributed by atoms with Crippen molar-refractivity contribution < 1.29 is 0 Å². The molecule has 0 unspecified atom stereocenters. The number of nitrogens with zero attached hydrogens (tertiary/aromatic N) is 2. The molecule has 1 saturated heterocycles. The number of piperazine rings is 1. The molecular formula is C23H24BrN3S. The van der Waals surface area contributed by atoms with E-state index >= 15 is 0 Å². The maximum atomic E-state index is 5.63. The molecule has 1 aliphatic heterocycles. The number of rotatable bonds is 3. The SMILES string of the molecule is Cc1ccc2ccccc2c1CN1CCN(C(=S)Nc2ccc(Br)cc2)CC1. The zero-order chi connectivity index (χ0) is 19.5. The van der Waals surface area contributed by atoms with E-state index in [-0.39, 0.29) is 0 Å². The van der Waals surface area contributed by atoms with E-state index < -0.39 is 0 Å². The van der Waals surface area contributed by atoms with Gasteiger partial charge in [-0.2, -0.15) is 0 Å². The highest BCUT2D eigenvalue weighted by atomic mass is 79.9. The van der Waals surface area contributed by atoms with Gasteiger partial charge in [-0.15, -0.1) is 0 Å². The molecule has 144 valence electrons. The minimum absolute atomic E-state index is 0.809. The average molecular weight is 454 g/mol. The van der Waals surface area contributed by atoms with Crippen molar-refractivity contribution in [1.82, 2.24) is 9.80 Å². The van der Waals surface area contributed by atoms with Gasteiger partial charge in [0.25, 0.3) is 0 Å². The van der Waals surface area contributed by atoms with Gasteiger partial charge in [0.15, 0.2) is 5.11 Å². The van der Waals surface area contributed by atoms with E-state index in [1.54, 1.807) is 0 Å². The van der Waals surface area contributed by atoms with E-state index in [4.69, 9.17) is 12.2 Å². The Morgan fingerprint density at radius 2 is 1.68 bits per heavy atom. The molecule has 0 atom stereocenters.